The largest absolute Gasteiger partial charge is 0.356 e. The number of hydrazine groups is 1. The molecule has 0 saturated heterocycles. The fourth-order valence-electron chi connectivity index (χ4n) is 1.42. The van der Waals surface area contributed by atoms with Crippen molar-refractivity contribution in [1.29, 1.82) is 0 Å². The van der Waals surface area contributed by atoms with Gasteiger partial charge in [0, 0.05) is 4.90 Å². The first-order valence-electron chi connectivity index (χ1n) is 6.78. The molecule has 0 aliphatic carbocycles. The molecule has 0 radical (unpaired) electrons. The third-order valence-electron chi connectivity index (χ3n) is 2.62. The molecular formula is C14H23N4OS2+. The Morgan fingerprint density at radius 1 is 1.24 bits per heavy atom. The summed E-state index contributed by atoms with van der Waals surface area (Å²) in [6.07, 6.45) is 0. The van der Waals surface area contributed by atoms with Crippen LogP contribution >= 0.6 is 24.0 Å². The summed E-state index contributed by atoms with van der Waals surface area (Å²) >= 11 is 6.55. The molecule has 0 heterocycles. The monoisotopic (exact) mass is 327 g/mol. The van der Waals surface area contributed by atoms with Gasteiger partial charge in [-0.15, -0.1) is 11.8 Å². The lowest BCUT2D eigenvalue weighted by Gasteiger charge is -2.12. The number of benzene rings is 1. The highest BCUT2D eigenvalue weighted by atomic mass is 32.2. The molecule has 1 aromatic carbocycles. The van der Waals surface area contributed by atoms with Crippen LogP contribution in [0.25, 0.3) is 0 Å². The van der Waals surface area contributed by atoms with Crippen molar-refractivity contribution in [2.45, 2.75) is 11.8 Å². The number of amides is 1. The Morgan fingerprint density at radius 3 is 2.52 bits per heavy atom. The first-order valence-corrected chi connectivity index (χ1v) is 8.18. The molecule has 1 aromatic rings. The summed E-state index contributed by atoms with van der Waals surface area (Å²) in [4.78, 5) is 14.1. The molecule has 0 fully saturated rings. The van der Waals surface area contributed by atoms with Crippen LogP contribution in [0.3, 0.4) is 0 Å². The summed E-state index contributed by atoms with van der Waals surface area (Å²) in [5.41, 5.74) is 6.49. The van der Waals surface area contributed by atoms with Crippen molar-refractivity contribution in [3.8, 4) is 0 Å². The van der Waals surface area contributed by atoms with Crippen LogP contribution in [-0.2, 0) is 4.79 Å². The van der Waals surface area contributed by atoms with E-state index in [0.717, 1.165) is 18.0 Å². The Morgan fingerprint density at radius 2 is 1.90 bits per heavy atom. The Kier molecular flexibility index (Phi) is 8.11. The molecule has 7 heteroatoms. The van der Waals surface area contributed by atoms with Crippen LogP contribution in [0.2, 0.25) is 0 Å². The van der Waals surface area contributed by atoms with Crippen LogP contribution in [0.15, 0.2) is 29.2 Å². The summed E-state index contributed by atoms with van der Waals surface area (Å²) in [6, 6.07) is 8.08. The number of quaternary nitrogens is 1. The summed E-state index contributed by atoms with van der Waals surface area (Å²) in [5, 5.41) is 3.46. The average Bonchev–Trinajstić information content (AvgIpc) is 2.44. The van der Waals surface area contributed by atoms with Crippen molar-refractivity contribution in [2.75, 3.05) is 32.9 Å². The fourth-order valence-corrected chi connectivity index (χ4v) is 2.27. The van der Waals surface area contributed by atoms with Gasteiger partial charge in [-0.3, -0.25) is 15.6 Å². The van der Waals surface area contributed by atoms with E-state index in [1.54, 1.807) is 0 Å². The number of hydrogen-bond acceptors (Lipinski definition) is 3. The van der Waals surface area contributed by atoms with Crippen LogP contribution in [0, 0.1) is 6.92 Å². The molecule has 21 heavy (non-hydrogen) atoms. The van der Waals surface area contributed by atoms with E-state index < -0.39 is 0 Å². The number of nitrogens with one attached hydrogen (secondary N) is 4. The molecule has 0 atom stereocenters. The van der Waals surface area contributed by atoms with E-state index in [2.05, 4.69) is 30.3 Å². The lowest BCUT2D eigenvalue weighted by molar-refractivity contribution is -0.856. The van der Waals surface area contributed by atoms with Gasteiger partial charge < -0.3 is 10.2 Å². The van der Waals surface area contributed by atoms with E-state index in [1.807, 2.05) is 31.2 Å². The summed E-state index contributed by atoms with van der Waals surface area (Å²) < 4.78 is 0. The van der Waals surface area contributed by atoms with Gasteiger partial charge in [-0.1, -0.05) is 17.7 Å². The maximum absolute atomic E-state index is 11.7. The minimum Gasteiger partial charge on any atom is -0.356 e. The molecule has 116 valence electrons. The predicted molar refractivity (Wildman–Crippen MR) is 91.5 cm³/mol. The summed E-state index contributed by atoms with van der Waals surface area (Å²) in [5.74, 6) is 0.239. The quantitative estimate of drug-likeness (QED) is 0.329. The molecule has 5 nitrogen and oxygen atoms in total. The van der Waals surface area contributed by atoms with E-state index in [0.29, 0.717) is 10.9 Å². The maximum atomic E-state index is 11.7. The molecule has 0 saturated carbocycles. The Bertz CT molecular complexity index is 463. The van der Waals surface area contributed by atoms with Gasteiger partial charge in [-0.2, -0.15) is 0 Å². The van der Waals surface area contributed by atoms with Crippen molar-refractivity contribution in [1.82, 2.24) is 16.2 Å². The van der Waals surface area contributed by atoms with Gasteiger partial charge in [-0.05, 0) is 31.3 Å². The Labute approximate surface area is 135 Å². The summed E-state index contributed by atoms with van der Waals surface area (Å²) in [6.45, 7) is 3.76. The van der Waals surface area contributed by atoms with Crippen molar-refractivity contribution >= 4 is 35.0 Å². The minimum atomic E-state index is -0.108. The predicted octanol–water partition coefficient (Wildman–Crippen LogP) is -0.273. The normalized spacial score (nSPS) is 10.3. The van der Waals surface area contributed by atoms with Crippen LogP contribution in [-0.4, -0.2) is 44.0 Å². The van der Waals surface area contributed by atoms with Crippen molar-refractivity contribution < 1.29 is 9.69 Å². The zero-order valence-corrected chi connectivity index (χ0v) is 14.3. The zero-order valence-electron chi connectivity index (χ0n) is 12.7. The number of rotatable bonds is 6. The van der Waals surface area contributed by atoms with E-state index in [-0.39, 0.29) is 5.91 Å². The number of carbonyl (C=O) groups is 1. The van der Waals surface area contributed by atoms with Gasteiger partial charge in [0.1, 0.15) is 0 Å². The second kappa shape index (κ2) is 9.59. The number of aryl methyl sites for hydroxylation is 1. The number of carbonyl (C=O) groups excluding carboxylic acids is 1. The molecule has 0 aliphatic rings. The molecule has 1 amide bonds. The van der Waals surface area contributed by atoms with Gasteiger partial charge >= 0.3 is 0 Å². The zero-order chi connectivity index (χ0) is 15.7. The van der Waals surface area contributed by atoms with Crippen molar-refractivity contribution in [3.05, 3.63) is 29.8 Å². The number of hydrogen-bond donors (Lipinski definition) is 4. The molecule has 1 rings (SSSR count). The number of thiocarbonyl (C=S) groups is 1. The van der Waals surface area contributed by atoms with Gasteiger partial charge in [0.25, 0.3) is 0 Å². The van der Waals surface area contributed by atoms with Gasteiger partial charge in [0.2, 0.25) is 5.91 Å². The molecule has 0 unspecified atom stereocenters. The molecular weight excluding hydrogens is 304 g/mol. The third kappa shape index (κ3) is 8.54. The van der Waals surface area contributed by atoms with E-state index in [1.165, 1.54) is 22.2 Å². The Hall–Kier alpha value is -1.31. The van der Waals surface area contributed by atoms with Gasteiger partial charge in [0.15, 0.2) is 5.11 Å². The summed E-state index contributed by atoms with van der Waals surface area (Å²) in [7, 11) is 4.14. The number of thioether (sulfide) groups is 1. The third-order valence-corrected chi connectivity index (χ3v) is 3.88. The van der Waals surface area contributed by atoms with E-state index in [4.69, 9.17) is 12.2 Å². The fraction of sp³-hybridized carbons (Fsp3) is 0.429. The first kappa shape index (κ1) is 17.7. The molecule has 0 spiro atoms. The molecule has 0 bridgehead atoms. The van der Waals surface area contributed by atoms with Crippen LogP contribution < -0.4 is 21.1 Å². The molecule has 0 aliphatic heterocycles. The topological polar surface area (TPSA) is 57.6 Å². The van der Waals surface area contributed by atoms with E-state index >= 15 is 0 Å². The highest BCUT2D eigenvalue weighted by Gasteiger charge is 2.03. The Balaban J connectivity index is 2.16. The lowest BCUT2D eigenvalue weighted by Crippen LogP contribution is -3.06. The molecule has 4 N–H and O–H groups in total. The standard InChI is InChI=1S/C14H22N4OS2/c1-11-4-6-12(7-5-11)21-10-13(19)16-17-14(20)15-8-9-18(2)3/h4-7H,8-10H2,1-3H3,(H,16,19)(H2,15,17,20)/p+1. The highest BCUT2D eigenvalue weighted by molar-refractivity contribution is 8.00. The second-order valence-corrected chi connectivity index (χ2v) is 6.44. The first-order chi connectivity index (χ1) is 9.97. The van der Waals surface area contributed by atoms with Gasteiger partial charge in [-0.25, -0.2) is 0 Å². The van der Waals surface area contributed by atoms with Gasteiger partial charge in [0.05, 0.1) is 32.9 Å². The highest BCUT2D eigenvalue weighted by Crippen LogP contribution is 2.17. The lowest BCUT2D eigenvalue weighted by atomic mass is 10.2. The van der Waals surface area contributed by atoms with Crippen LogP contribution in [0.4, 0.5) is 0 Å². The molecule has 0 aromatic heterocycles. The number of likely N-dealkylation sites (N-methyl/N-ethyl adjacent to an activating group) is 1. The average molecular weight is 327 g/mol. The van der Waals surface area contributed by atoms with Crippen molar-refractivity contribution in [2.24, 2.45) is 0 Å². The maximum Gasteiger partial charge on any atom is 0.248 e. The van der Waals surface area contributed by atoms with Crippen molar-refractivity contribution in [3.63, 3.8) is 0 Å². The second-order valence-electron chi connectivity index (χ2n) is 4.99. The smallest absolute Gasteiger partial charge is 0.248 e. The SMILES string of the molecule is Cc1ccc(SCC(=O)NNC(=S)NCC[NH+](C)C)cc1. The van der Waals surface area contributed by atoms with Crippen LogP contribution in [0.5, 0.6) is 0 Å². The minimum absolute atomic E-state index is 0.108. The van der Waals surface area contributed by atoms with Crippen LogP contribution in [0.1, 0.15) is 5.56 Å². The van der Waals surface area contributed by atoms with E-state index in [9.17, 15) is 4.79 Å².